The number of carbonyl (C=O) groups is 9. The number of benzene rings is 6. The van der Waals surface area contributed by atoms with E-state index in [1.165, 1.54) is 0 Å². The molecule has 8 N–H and O–H groups in total. The predicted molar refractivity (Wildman–Crippen MR) is 407 cm³/mol. The van der Waals surface area contributed by atoms with E-state index in [9.17, 15) is 48.3 Å². The predicted octanol–water partition coefficient (Wildman–Crippen LogP) is 8.95. The van der Waals surface area contributed by atoms with Crippen molar-refractivity contribution in [1.29, 1.82) is 0 Å². The Balaban J connectivity index is 0.846. The molecule has 5 atom stereocenters. The zero-order chi connectivity index (χ0) is 77.0. The third kappa shape index (κ3) is 34.9. The van der Waals surface area contributed by atoms with Gasteiger partial charge in [-0.1, -0.05) is 129 Å². The Morgan fingerprint density at radius 1 is 0.439 bits per heavy atom. The van der Waals surface area contributed by atoms with Crippen molar-refractivity contribution in [3.63, 3.8) is 0 Å². The molecule has 6 rings (SSSR count). The molecule has 0 fully saturated rings. The maximum Gasteiger partial charge on any atom is 0.407 e. The van der Waals surface area contributed by atoms with E-state index in [1.54, 1.807) is 118 Å². The van der Waals surface area contributed by atoms with E-state index < -0.39 is 59.6 Å². The average Bonchev–Trinajstić information content (AvgIpc) is 0.850. The highest BCUT2D eigenvalue weighted by Crippen LogP contribution is 2.23. The Morgan fingerprint density at radius 3 is 1.39 bits per heavy atom. The van der Waals surface area contributed by atoms with Crippen LogP contribution in [0.5, 0.6) is 0 Å². The van der Waals surface area contributed by atoms with Crippen LogP contribution >= 0.6 is 0 Å². The molecule has 6 aromatic rings. The van der Waals surface area contributed by atoms with Gasteiger partial charge in [0, 0.05) is 85.1 Å². The summed E-state index contributed by atoms with van der Waals surface area (Å²) in [5, 5.41) is 32.0. The molecule has 0 aromatic heterocycles. The van der Waals surface area contributed by atoms with Gasteiger partial charge in [0.05, 0.1) is 65.0 Å². The molecule has 0 aliphatic rings. The normalized spacial score (nSPS) is 12.6. The molecule has 0 saturated heterocycles. The Bertz CT molecular complexity index is 3720. The fraction of sp³-hybridized carbons (Fsp3) is 0.434. The molecule has 24 heteroatoms. The number of unbranched alkanes of at least 4 members (excludes halogenated alkanes) is 1. The van der Waals surface area contributed by atoms with Crippen LogP contribution in [0.4, 0.5) is 16.2 Å². The van der Waals surface area contributed by atoms with E-state index in [0.717, 1.165) is 11.1 Å². The van der Waals surface area contributed by atoms with Crippen molar-refractivity contribution < 1.29 is 81.4 Å². The highest BCUT2D eigenvalue weighted by Gasteiger charge is 2.34. The quantitative estimate of drug-likeness (QED) is 0.0100. The van der Waals surface area contributed by atoms with Crippen molar-refractivity contribution in [3.8, 4) is 12.3 Å². The first-order chi connectivity index (χ1) is 51.6. The van der Waals surface area contributed by atoms with E-state index in [-0.39, 0.29) is 113 Å². The van der Waals surface area contributed by atoms with Gasteiger partial charge in [-0.2, -0.15) is 0 Å². The molecular weight excluding hydrogens is 1370 g/mol. The second-order valence-corrected chi connectivity index (χ2v) is 27.0. The molecule has 0 bridgehead atoms. The van der Waals surface area contributed by atoms with E-state index in [2.05, 4.69) is 43.1 Å². The van der Waals surface area contributed by atoms with Crippen LogP contribution in [0.15, 0.2) is 164 Å². The fourth-order valence-corrected chi connectivity index (χ4v) is 11.0. The number of aliphatic hydroxyl groups is 1. The highest BCUT2D eigenvalue weighted by atomic mass is 16.6. The van der Waals surface area contributed by atoms with E-state index in [0.29, 0.717) is 117 Å². The van der Waals surface area contributed by atoms with Crippen molar-refractivity contribution in [2.45, 2.75) is 129 Å². The van der Waals surface area contributed by atoms with Crippen LogP contribution in [0.1, 0.15) is 128 Å². The van der Waals surface area contributed by atoms with Gasteiger partial charge in [-0.3, -0.25) is 38.4 Å². The molecule has 0 radical (unpaired) electrons. The Labute approximate surface area is 628 Å². The zero-order valence-corrected chi connectivity index (χ0v) is 62.1. The monoisotopic (exact) mass is 1470 g/mol. The number of ketones is 2. The Kier molecular flexibility index (Phi) is 38.8. The molecule has 574 valence electrons. The van der Waals surface area contributed by atoms with Crippen LogP contribution in [0.3, 0.4) is 0 Å². The van der Waals surface area contributed by atoms with E-state index >= 15 is 0 Å². The lowest BCUT2D eigenvalue weighted by molar-refractivity contribution is -0.134. The van der Waals surface area contributed by atoms with Crippen molar-refractivity contribution in [2.75, 3.05) is 103 Å². The van der Waals surface area contributed by atoms with Gasteiger partial charge in [0.2, 0.25) is 35.4 Å². The number of nitrogens with one attached hydrogen (secondary N) is 7. The lowest BCUT2D eigenvalue weighted by Gasteiger charge is -2.30. The summed E-state index contributed by atoms with van der Waals surface area (Å²) in [6.07, 6.45) is 6.38. The largest absolute Gasteiger partial charge is 0.444 e. The van der Waals surface area contributed by atoms with Gasteiger partial charge >= 0.3 is 6.09 Å². The van der Waals surface area contributed by atoms with Crippen molar-refractivity contribution in [3.05, 3.63) is 203 Å². The summed E-state index contributed by atoms with van der Waals surface area (Å²) in [7, 11) is 0. The van der Waals surface area contributed by atoms with Crippen LogP contribution in [0.2, 0.25) is 0 Å². The molecule has 0 spiro atoms. The summed E-state index contributed by atoms with van der Waals surface area (Å²) < 4.78 is 38.9. The van der Waals surface area contributed by atoms with E-state index in [4.69, 9.17) is 39.6 Å². The molecule has 24 nitrogen and oxygen atoms in total. The number of ether oxygens (including phenoxy) is 7. The first kappa shape index (κ1) is 86.0. The lowest BCUT2D eigenvalue weighted by Crippen LogP contribution is -2.56. The van der Waals surface area contributed by atoms with Gasteiger partial charge in [0.1, 0.15) is 30.9 Å². The summed E-state index contributed by atoms with van der Waals surface area (Å²) in [6.45, 7) is 12.0. The van der Waals surface area contributed by atoms with Crippen LogP contribution in [0, 0.1) is 24.2 Å². The Morgan fingerprint density at radius 2 is 0.879 bits per heavy atom. The van der Waals surface area contributed by atoms with Crippen molar-refractivity contribution in [2.24, 2.45) is 11.8 Å². The first-order valence-corrected chi connectivity index (χ1v) is 36.5. The maximum absolute atomic E-state index is 14.7. The van der Waals surface area contributed by atoms with Gasteiger partial charge < -0.3 is 75.5 Å². The molecular formula is C83H105N7O17. The molecule has 0 aliphatic carbocycles. The second-order valence-electron chi connectivity index (χ2n) is 27.0. The minimum atomic E-state index is -1.23. The summed E-state index contributed by atoms with van der Waals surface area (Å²) in [4.78, 5) is 120. The number of rotatable bonds is 50. The highest BCUT2D eigenvalue weighted by molar-refractivity contribution is 6.10. The van der Waals surface area contributed by atoms with E-state index in [1.807, 2.05) is 80.6 Å². The third-order valence-electron chi connectivity index (χ3n) is 16.4. The summed E-state index contributed by atoms with van der Waals surface area (Å²) in [5.41, 5.74) is 4.45. The molecule has 0 heterocycles. The minimum Gasteiger partial charge on any atom is -0.444 e. The van der Waals surface area contributed by atoms with Crippen LogP contribution < -0.4 is 37.2 Å². The van der Waals surface area contributed by atoms with Gasteiger partial charge in [0.25, 0.3) is 0 Å². The SMILES string of the molecule is C#CCCCC(=O)Nc1ccc(C(=O)c2ccc(NC(=O)COCCOCCOCC(=O)NCCCOCCOCCOCCCNC(=O)[C@H](Cc3ccc(C(=O)c4ccccc4)cc3)NC(=O)[C@H](CC(C)C)NC(=O)[C@H](Cc3ccccc3)C[C@@H](O)[C@H](Cc3ccccc3)NC(=O)OC(C)(C)C)cc2)cc1. The summed E-state index contributed by atoms with van der Waals surface area (Å²) in [6, 6.07) is 44.5. The smallest absolute Gasteiger partial charge is 0.407 e. The van der Waals surface area contributed by atoms with Gasteiger partial charge in [0.15, 0.2) is 11.6 Å². The van der Waals surface area contributed by atoms with Crippen molar-refractivity contribution >= 4 is 64.5 Å². The number of anilines is 2. The average molecular weight is 1470 g/mol. The van der Waals surface area contributed by atoms with Gasteiger partial charge in [-0.25, -0.2) is 4.79 Å². The molecule has 6 aromatic carbocycles. The third-order valence-corrected chi connectivity index (χ3v) is 16.4. The summed E-state index contributed by atoms with van der Waals surface area (Å²) >= 11 is 0. The number of alkyl carbamates (subject to hydrolysis) is 1. The number of aliphatic hydroxyl groups excluding tert-OH is 1. The molecule has 107 heavy (non-hydrogen) atoms. The van der Waals surface area contributed by atoms with Gasteiger partial charge in [-0.15, -0.1) is 12.3 Å². The second kappa shape index (κ2) is 48.3. The number of hydrogen-bond donors (Lipinski definition) is 8. The van der Waals surface area contributed by atoms with Crippen LogP contribution in [-0.4, -0.2) is 180 Å². The maximum atomic E-state index is 14.7. The molecule has 0 unspecified atom stereocenters. The number of hydrogen-bond acceptors (Lipinski definition) is 17. The lowest BCUT2D eigenvalue weighted by atomic mass is 9.88. The standard InChI is InChI=1S/C83H105N7O17/c1-7-8-12-27-74(92)86-68-36-32-65(33-37-68)78(96)66-34-38-69(39-35-66)87-76(94)58-106-51-49-104-48-50-105-57-75(93)84-40-19-42-101-44-46-103-47-45-102-43-20-41-85-80(98)72(55-62-28-30-64(31-29-62)77(95)63-25-17-11-18-26-63)89-81(99)71(52-59(2)3)88-79(97)67(53-60-21-13-9-14-22-60)56-73(91)70(54-61-23-15-10-16-24-61)90-82(100)107-83(4,5)6/h1,9-11,13-18,21-26,28-39,59,67,70-73,91H,8,12,19-20,27,40-58H2,2-6H3,(H,84,93)(H,85,98)(H,86,92)(H,87,94)(H,88,97)(H,89,99)(H,90,100)/t67-,70+,71+,72+,73-/m1/s1. The number of carbonyl (C=O) groups excluding carboxylic acids is 9. The van der Waals surface area contributed by atoms with Crippen molar-refractivity contribution in [1.82, 2.24) is 26.6 Å². The molecule has 7 amide bonds. The molecule has 0 saturated carbocycles. The topological polar surface area (TPSA) is 323 Å². The first-order valence-electron chi connectivity index (χ1n) is 36.5. The fourth-order valence-electron chi connectivity index (χ4n) is 11.0. The minimum absolute atomic E-state index is 0.0555. The Hall–Kier alpha value is -9.97. The number of amides is 7. The molecule has 0 aliphatic heterocycles. The zero-order valence-electron chi connectivity index (χ0n) is 62.1. The van der Waals surface area contributed by atoms with Gasteiger partial charge in [-0.05, 0) is 137 Å². The van der Waals surface area contributed by atoms with Crippen LogP contribution in [0.25, 0.3) is 0 Å². The van der Waals surface area contributed by atoms with Crippen LogP contribution in [-0.2, 0) is 81.2 Å². The summed E-state index contributed by atoms with van der Waals surface area (Å²) in [5.74, 6) is -1.18. The number of terminal acetylenes is 1.